The lowest BCUT2D eigenvalue weighted by Gasteiger charge is -2.13. The van der Waals surface area contributed by atoms with Crippen molar-refractivity contribution < 1.29 is 14.1 Å². The van der Waals surface area contributed by atoms with E-state index in [1.54, 1.807) is 13.8 Å². The van der Waals surface area contributed by atoms with Crippen LogP contribution in [0, 0.1) is 0 Å². The van der Waals surface area contributed by atoms with Crippen LogP contribution in [0.4, 0.5) is 0 Å². The molecule has 1 unspecified atom stereocenters. The van der Waals surface area contributed by atoms with E-state index in [-0.39, 0.29) is 5.78 Å². The van der Waals surface area contributed by atoms with Gasteiger partial charge < -0.3 is 9.26 Å². The van der Waals surface area contributed by atoms with E-state index in [0.29, 0.717) is 24.7 Å². The molecule has 0 bridgehead atoms. The third-order valence-electron chi connectivity index (χ3n) is 2.62. The Kier molecular flexibility index (Phi) is 2.34. The summed E-state index contributed by atoms with van der Waals surface area (Å²) >= 11 is 0. The van der Waals surface area contributed by atoms with Gasteiger partial charge in [0, 0.05) is 6.42 Å². The van der Waals surface area contributed by atoms with E-state index in [9.17, 15) is 4.79 Å². The first-order valence-electron chi connectivity index (χ1n) is 5.05. The van der Waals surface area contributed by atoms with E-state index >= 15 is 0 Å². The van der Waals surface area contributed by atoms with Gasteiger partial charge in [-0.25, -0.2) is 0 Å². The van der Waals surface area contributed by atoms with Crippen molar-refractivity contribution in [2.24, 2.45) is 0 Å². The summed E-state index contributed by atoms with van der Waals surface area (Å²) in [5, 5.41) is 3.77. The second-order valence-electron chi connectivity index (χ2n) is 4.14. The molecule has 82 valence electrons. The van der Waals surface area contributed by atoms with Crippen molar-refractivity contribution in [3.8, 4) is 0 Å². The molecule has 5 heteroatoms. The highest BCUT2D eigenvalue weighted by Crippen LogP contribution is 2.31. The molecule has 1 atom stereocenters. The zero-order valence-electron chi connectivity index (χ0n) is 9.11. The Morgan fingerprint density at radius 2 is 2.27 bits per heavy atom. The first-order valence-corrected chi connectivity index (χ1v) is 5.05. The SMILES string of the molecule is CCc1noc(C2COC(C)(C)C2=O)n1. The van der Waals surface area contributed by atoms with E-state index < -0.39 is 11.5 Å². The van der Waals surface area contributed by atoms with Crippen molar-refractivity contribution in [3.63, 3.8) is 0 Å². The van der Waals surface area contributed by atoms with Crippen LogP contribution in [0.5, 0.6) is 0 Å². The number of aromatic nitrogens is 2. The maximum Gasteiger partial charge on any atom is 0.239 e. The van der Waals surface area contributed by atoms with Crippen LogP contribution in [-0.2, 0) is 16.0 Å². The van der Waals surface area contributed by atoms with Crippen LogP contribution in [-0.4, -0.2) is 28.1 Å². The molecule has 1 fully saturated rings. The molecular weight excluding hydrogens is 196 g/mol. The van der Waals surface area contributed by atoms with Crippen molar-refractivity contribution in [1.29, 1.82) is 0 Å². The Morgan fingerprint density at radius 3 is 2.73 bits per heavy atom. The Labute approximate surface area is 87.8 Å². The van der Waals surface area contributed by atoms with Crippen molar-refractivity contribution in [2.45, 2.75) is 38.7 Å². The van der Waals surface area contributed by atoms with E-state index in [2.05, 4.69) is 10.1 Å². The van der Waals surface area contributed by atoms with E-state index in [1.807, 2.05) is 6.92 Å². The minimum absolute atomic E-state index is 0.00815. The highest BCUT2D eigenvalue weighted by Gasteiger charge is 2.45. The fourth-order valence-corrected chi connectivity index (χ4v) is 1.59. The van der Waals surface area contributed by atoms with Gasteiger partial charge in [0.2, 0.25) is 5.89 Å². The molecular formula is C10H14N2O3. The Bertz CT molecular complexity index is 384. The van der Waals surface area contributed by atoms with Gasteiger partial charge in [0.05, 0.1) is 6.61 Å². The summed E-state index contributed by atoms with van der Waals surface area (Å²) in [7, 11) is 0. The predicted molar refractivity (Wildman–Crippen MR) is 51.5 cm³/mol. The largest absolute Gasteiger partial charge is 0.366 e. The molecule has 1 aliphatic rings. The normalized spacial score (nSPS) is 24.7. The Hall–Kier alpha value is -1.23. The van der Waals surface area contributed by atoms with Gasteiger partial charge in [-0.05, 0) is 13.8 Å². The third kappa shape index (κ3) is 1.67. The molecule has 2 rings (SSSR count). The fraction of sp³-hybridized carbons (Fsp3) is 0.700. The van der Waals surface area contributed by atoms with Gasteiger partial charge >= 0.3 is 0 Å². The second-order valence-corrected chi connectivity index (χ2v) is 4.14. The minimum atomic E-state index is -0.731. The standard InChI is InChI=1S/C10H14N2O3/c1-4-7-11-9(15-12-7)6-5-14-10(2,3)8(6)13/h6H,4-5H2,1-3H3. The maximum atomic E-state index is 11.9. The van der Waals surface area contributed by atoms with Crippen molar-refractivity contribution in [3.05, 3.63) is 11.7 Å². The Balaban J connectivity index is 2.23. The number of ketones is 1. The molecule has 0 radical (unpaired) electrons. The molecule has 1 saturated heterocycles. The number of rotatable bonds is 2. The molecule has 0 saturated carbocycles. The number of nitrogens with zero attached hydrogens (tertiary/aromatic N) is 2. The topological polar surface area (TPSA) is 65.2 Å². The van der Waals surface area contributed by atoms with Crippen LogP contribution < -0.4 is 0 Å². The average molecular weight is 210 g/mol. The number of carbonyl (C=O) groups is 1. The summed E-state index contributed by atoms with van der Waals surface area (Å²) in [6.07, 6.45) is 0.703. The average Bonchev–Trinajstić information content (AvgIpc) is 2.74. The first-order chi connectivity index (χ1) is 7.04. The molecule has 0 spiro atoms. The van der Waals surface area contributed by atoms with Crippen molar-refractivity contribution >= 4 is 5.78 Å². The van der Waals surface area contributed by atoms with Crippen LogP contribution in [0.3, 0.4) is 0 Å². The number of ether oxygens (including phenoxy) is 1. The minimum Gasteiger partial charge on any atom is -0.366 e. The smallest absolute Gasteiger partial charge is 0.239 e. The van der Waals surface area contributed by atoms with Gasteiger partial charge in [0.15, 0.2) is 11.6 Å². The molecule has 5 nitrogen and oxygen atoms in total. The van der Waals surface area contributed by atoms with Gasteiger partial charge in [-0.3, -0.25) is 4.79 Å². The van der Waals surface area contributed by atoms with Crippen LogP contribution in [0.15, 0.2) is 4.52 Å². The summed E-state index contributed by atoms with van der Waals surface area (Å²) in [6.45, 7) is 5.78. The molecule has 15 heavy (non-hydrogen) atoms. The molecule has 0 N–H and O–H groups in total. The number of carbonyl (C=O) groups excluding carboxylic acids is 1. The quantitative estimate of drug-likeness (QED) is 0.731. The van der Waals surface area contributed by atoms with E-state index in [4.69, 9.17) is 9.26 Å². The summed E-state index contributed by atoms with van der Waals surface area (Å²) < 4.78 is 10.4. The fourth-order valence-electron chi connectivity index (χ4n) is 1.59. The number of aryl methyl sites for hydroxylation is 1. The second kappa shape index (κ2) is 3.41. The maximum absolute atomic E-state index is 11.9. The molecule has 1 aromatic heterocycles. The van der Waals surface area contributed by atoms with Crippen LogP contribution >= 0.6 is 0 Å². The van der Waals surface area contributed by atoms with Crippen LogP contribution in [0.2, 0.25) is 0 Å². The predicted octanol–water partition coefficient (Wildman–Crippen LogP) is 1.09. The van der Waals surface area contributed by atoms with Gasteiger partial charge in [-0.1, -0.05) is 12.1 Å². The number of hydrogen-bond donors (Lipinski definition) is 0. The lowest BCUT2D eigenvalue weighted by molar-refractivity contribution is -0.129. The van der Waals surface area contributed by atoms with E-state index in [0.717, 1.165) is 0 Å². The van der Waals surface area contributed by atoms with Crippen molar-refractivity contribution in [1.82, 2.24) is 10.1 Å². The van der Waals surface area contributed by atoms with Gasteiger partial charge in [-0.15, -0.1) is 0 Å². The van der Waals surface area contributed by atoms with Crippen molar-refractivity contribution in [2.75, 3.05) is 6.61 Å². The molecule has 2 heterocycles. The highest BCUT2D eigenvalue weighted by atomic mass is 16.5. The zero-order valence-corrected chi connectivity index (χ0v) is 9.11. The Morgan fingerprint density at radius 1 is 1.53 bits per heavy atom. The number of Topliss-reactive ketones (excluding diaryl/α,β-unsaturated/α-hetero) is 1. The lowest BCUT2D eigenvalue weighted by atomic mass is 9.96. The molecule has 0 amide bonds. The summed E-state index contributed by atoms with van der Waals surface area (Å²) in [4.78, 5) is 16.0. The van der Waals surface area contributed by atoms with Crippen LogP contribution in [0.25, 0.3) is 0 Å². The summed E-state index contributed by atoms with van der Waals surface area (Å²) in [6, 6.07) is 0. The first kappa shape index (κ1) is 10.3. The summed E-state index contributed by atoms with van der Waals surface area (Å²) in [5.41, 5.74) is -0.731. The third-order valence-corrected chi connectivity index (χ3v) is 2.62. The van der Waals surface area contributed by atoms with E-state index in [1.165, 1.54) is 0 Å². The molecule has 0 aliphatic carbocycles. The molecule has 1 aliphatic heterocycles. The van der Waals surface area contributed by atoms with Crippen LogP contribution in [0.1, 0.15) is 38.4 Å². The summed E-state index contributed by atoms with van der Waals surface area (Å²) in [5.74, 6) is 0.617. The molecule has 0 aromatic carbocycles. The lowest BCUT2D eigenvalue weighted by Crippen LogP contribution is -2.29. The zero-order chi connectivity index (χ0) is 11.1. The molecule has 1 aromatic rings. The monoisotopic (exact) mass is 210 g/mol. The highest BCUT2D eigenvalue weighted by molar-refractivity contribution is 5.93. The van der Waals surface area contributed by atoms with Gasteiger partial charge in [0.1, 0.15) is 11.5 Å². The number of hydrogen-bond acceptors (Lipinski definition) is 5. The van der Waals surface area contributed by atoms with Gasteiger partial charge in [-0.2, -0.15) is 4.98 Å². The van der Waals surface area contributed by atoms with Gasteiger partial charge in [0.25, 0.3) is 0 Å².